The van der Waals surface area contributed by atoms with Gasteiger partial charge < -0.3 is 4.74 Å². The van der Waals surface area contributed by atoms with E-state index in [0.717, 1.165) is 12.1 Å². The third kappa shape index (κ3) is 5.31. The number of esters is 1. The lowest BCUT2D eigenvalue weighted by Crippen LogP contribution is -2.39. The van der Waals surface area contributed by atoms with Crippen LogP contribution in [0.25, 0.3) is 0 Å². The summed E-state index contributed by atoms with van der Waals surface area (Å²) in [6.45, 7) is 1.47. The molecule has 0 spiro atoms. The summed E-state index contributed by atoms with van der Waals surface area (Å²) in [4.78, 5) is 11.5. The quantitative estimate of drug-likeness (QED) is 0.519. The fraction of sp³-hybridized carbons (Fsp3) is 0.364. The first-order chi connectivity index (χ1) is 9.40. The fourth-order valence-corrected chi connectivity index (χ4v) is 2.01. The van der Waals surface area contributed by atoms with E-state index in [1.165, 1.54) is 13.0 Å². The van der Waals surface area contributed by atoms with Gasteiger partial charge in [-0.15, -0.1) is 0 Å². The van der Waals surface area contributed by atoms with Gasteiger partial charge in [-0.1, -0.05) is 11.6 Å². The molecule has 10 heteroatoms. The third-order valence-electron chi connectivity index (χ3n) is 2.32. The Bertz CT molecular complexity index is 639. The van der Waals surface area contributed by atoms with E-state index in [4.69, 9.17) is 4.55 Å². The maximum absolute atomic E-state index is 13.4. The van der Waals surface area contributed by atoms with Gasteiger partial charge in [0.1, 0.15) is 11.6 Å². The Morgan fingerprint density at radius 2 is 1.95 bits per heavy atom. The average Bonchev–Trinajstić information content (AvgIpc) is 2.28. The van der Waals surface area contributed by atoms with Gasteiger partial charge in [-0.3, -0.25) is 4.55 Å². The molecule has 0 saturated carbocycles. The predicted octanol–water partition coefficient (Wildman–Crippen LogP) is 2.11. The second-order valence-corrected chi connectivity index (χ2v) is 5.66. The van der Waals surface area contributed by atoms with Crippen LogP contribution >= 0.6 is 0 Å². The number of benzene rings is 1. The van der Waals surface area contributed by atoms with Gasteiger partial charge in [0.15, 0.2) is 0 Å². The number of aryl methyl sites for hydroxylation is 1. The second-order valence-electron chi connectivity index (χ2n) is 4.17. The summed E-state index contributed by atoms with van der Waals surface area (Å²) in [7, 11) is -5.04. The minimum Gasteiger partial charge on any atom is -0.448 e. The molecule has 0 aliphatic carbocycles. The van der Waals surface area contributed by atoms with Gasteiger partial charge >= 0.3 is 12.1 Å². The van der Waals surface area contributed by atoms with Crippen molar-refractivity contribution in [3.63, 3.8) is 0 Å². The van der Waals surface area contributed by atoms with Crippen molar-refractivity contribution in [2.45, 2.75) is 19.2 Å². The van der Waals surface area contributed by atoms with Crippen molar-refractivity contribution in [1.82, 2.24) is 0 Å². The monoisotopic (exact) mass is 330 g/mol. The van der Waals surface area contributed by atoms with E-state index in [2.05, 4.69) is 4.74 Å². The van der Waals surface area contributed by atoms with E-state index < -0.39 is 45.5 Å². The Morgan fingerprint density at radius 1 is 1.38 bits per heavy atom. The van der Waals surface area contributed by atoms with Crippen LogP contribution in [0.3, 0.4) is 0 Å². The van der Waals surface area contributed by atoms with Gasteiger partial charge in [0.25, 0.3) is 10.1 Å². The molecule has 0 heterocycles. The Labute approximate surface area is 117 Å². The topological polar surface area (TPSA) is 80.7 Å². The van der Waals surface area contributed by atoms with Crippen LogP contribution in [0.2, 0.25) is 0 Å². The second kappa shape index (κ2) is 5.98. The molecule has 118 valence electrons. The minimum atomic E-state index is -5.23. The standard InChI is InChI=1S/C11H10F4O5S/c1-6-2-3-8(12)7(4-6)10(16)20-9(11(13,14)15)5-21(17,18)19/h2-4,9H,5H2,1H3,(H,17,18,19). The molecule has 0 aromatic heterocycles. The molecule has 1 rings (SSSR count). The Morgan fingerprint density at radius 3 is 2.43 bits per heavy atom. The van der Waals surface area contributed by atoms with Crippen LogP contribution in [0.4, 0.5) is 17.6 Å². The smallest absolute Gasteiger partial charge is 0.426 e. The third-order valence-corrected chi connectivity index (χ3v) is 3.04. The lowest BCUT2D eigenvalue weighted by atomic mass is 10.1. The van der Waals surface area contributed by atoms with Crippen LogP contribution in [-0.2, 0) is 14.9 Å². The predicted molar refractivity (Wildman–Crippen MR) is 62.8 cm³/mol. The van der Waals surface area contributed by atoms with Crippen molar-refractivity contribution in [3.8, 4) is 0 Å². The van der Waals surface area contributed by atoms with E-state index in [9.17, 15) is 30.8 Å². The summed E-state index contributed by atoms with van der Waals surface area (Å²) in [6.07, 6.45) is -8.33. The molecule has 5 nitrogen and oxygen atoms in total. The molecule has 0 fully saturated rings. The zero-order chi connectivity index (χ0) is 16.4. The van der Waals surface area contributed by atoms with Gasteiger partial charge in [0, 0.05) is 0 Å². The number of carbonyl (C=O) groups is 1. The van der Waals surface area contributed by atoms with Crippen molar-refractivity contribution in [2.24, 2.45) is 0 Å². The molecule has 21 heavy (non-hydrogen) atoms. The van der Waals surface area contributed by atoms with Crippen molar-refractivity contribution in [2.75, 3.05) is 5.75 Å². The van der Waals surface area contributed by atoms with Crippen LogP contribution in [0.1, 0.15) is 15.9 Å². The van der Waals surface area contributed by atoms with E-state index in [1.807, 2.05) is 0 Å². The highest BCUT2D eigenvalue weighted by Gasteiger charge is 2.45. The zero-order valence-corrected chi connectivity index (χ0v) is 11.3. The Kier molecular flexibility index (Phi) is 4.95. The van der Waals surface area contributed by atoms with Crippen LogP contribution in [-0.4, -0.2) is 37.0 Å². The number of alkyl halides is 3. The first-order valence-electron chi connectivity index (χ1n) is 5.39. The van der Waals surface area contributed by atoms with Crippen LogP contribution in [0.5, 0.6) is 0 Å². The molecule has 0 saturated heterocycles. The minimum absolute atomic E-state index is 0.390. The number of carbonyl (C=O) groups excluding carboxylic acids is 1. The Hall–Kier alpha value is -1.68. The largest absolute Gasteiger partial charge is 0.448 e. The van der Waals surface area contributed by atoms with E-state index in [0.29, 0.717) is 5.56 Å². The van der Waals surface area contributed by atoms with Crippen molar-refractivity contribution in [3.05, 3.63) is 35.1 Å². The van der Waals surface area contributed by atoms with Crippen LogP contribution in [0.15, 0.2) is 18.2 Å². The maximum atomic E-state index is 13.4. The Balaban J connectivity index is 3.03. The fourth-order valence-electron chi connectivity index (χ4n) is 1.37. The molecule has 1 aromatic carbocycles. The summed E-state index contributed by atoms with van der Waals surface area (Å²) in [5, 5.41) is 0. The summed E-state index contributed by atoms with van der Waals surface area (Å²) >= 11 is 0. The van der Waals surface area contributed by atoms with Gasteiger partial charge in [0.05, 0.1) is 5.56 Å². The number of hydrogen-bond donors (Lipinski definition) is 1. The first kappa shape index (κ1) is 17.4. The van der Waals surface area contributed by atoms with Gasteiger partial charge in [0.2, 0.25) is 6.10 Å². The molecule has 0 aliphatic heterocycles. The molecular formula is C11H10F4O5S. The number of rotatable bonds is 4. The van der Waals surface area contributed by atoms with Crippen molar-refractivity contribution >= 4 is 16.1 Å². The molecule has 0 amide bonds. The van der Waals surface area contributed by atoms with Gasteiger partial charge in [-0.05, 0) is 19.1 Å². The zero-order valence-electron chi connectivity index (χ0n) is 10.5. The van der Waals surface area contributed by atoms with Gasteiger partial charge in [-0.2, -0.15) is 21.6 Å². The van der Waals surface area contributed by atoms with Crippen molar-refractivity contribution < 1.29 is 40.1 Å². The molecule has 0 aliphatic rings. The summed E-state index contributed by atoms with van der Waals surface area (Å²) in [5.74, 6) is -4.66. The molecular weight excluding hydrogens is 320 g/mol. The average molecular weight is 330 g/mol. The maximum Gasteiger partial charge on any atom is 0.426 e. The van der Waals surface area contributed by atoms with Crippen LogP contribution < -0.4 is 0 Å². The lowest BCUT2D eigenvalue weighted by molar-refractivity contribution is -0.197. The number of halogens is 4. The van der Waals surface area contributed by atoms with E-state index in [-0.39, 0.29) is 0 Å². The van der Waals surface area contributed by atoms with Crippen molar-refractivity contribution in [1.29, 1.82) is 0 Å². The highest BCUT2D eigenvalue weighted by Crippen LogP contribution is 2.25. The molecule has 1 aromatic rings. The normalized spacial score (nSPS) is 13.8. The number of ether oxygens (including phenoxy) is 1. The molecule has 0 bridgehead atoms. The summed E-state index contributed by atoms with van der Waals surface area (Å²) in [5.41, 5.74) is -0.374. The SMILES string of the molecule is Cc1ccc(F)c(C(=O)OC(CS(=O)(=O)O)C(F)(F)F)c1. The van der Waals surface area contributed by atoms with Gasteiger partial charge in [-0.25, -0.2) is 9.18 Å². The molecule has 1 N–H and O–H groups in total. The molecule has 1 unspecified atom stereocenters. The number of hydrogen-bond acceptors (Lipinski definition) is 4. The lowest BCUT2D eigenvalue weighted by Gasteiger charge is -2.19. The molecule has 1 atom stereocenters. The van der Waals surface area contributed by atoms with E-state index in [1.54, 1.807) is 0 Å². The molecule has 0 radical (unpaired) electrons. The van der Waals surface area contributed by atoms with E-state index >= 15 is 0 Å². The summed E-state index contributed by atoms with van der Waals surface area (Å²) < 4.78 is 84.5. The first-order valence-corrected chi connectivity index (χ1v) is 7.00. The highest BCUT2D eigenvalue weighted by molar-refractivity contribution is 7.85. The van der Waals surface area contributed by atoms with Crippen LogP contribution in [0, 0.1) is 12.7 Å². The summed E-state index contributed by atoms with van der Waals surface area (Å²) in [6, 6.07) is 3.10. The highest BCUT2D eigenvalue weighted by atomic mass is 32.2.